The topological polar surface area (TPSA) is 44.8 Å². The fourth-order valence-corrected chi connectivity index (χ4v) is 3.16. The van der Waals surface area contributed by atoms with Gasteiger partial charge in [-0.15, -0.1) is 0 Å². The molecule has 1 N–H and O–H groups in total. The fourth-order valence-electron chi connectivity index (χ4n) is 2.93. The molecule has 1 saturated heterocycles. The molecule has 0 unspecified atom stereocenters. The molecule has 0 radical (unpaired) electrons. The molecule has 1 fully saturated rings. The number of amides is 1. The predicted octanol–water partition coefficient (Wildman–Crippen LogP) is 3.44. The van der Waals surface area contributed by atoms with Gasteiger partial charge < -0.3 is 15.0 Å². The van der Waals surface area contributed by atoms with E-state index in [-0.39, 0.29) is 12.0 Å². The Morgan fingerprint density at radius 2 is 2.04 bits per heavy atom. The van der Waals surface area contributed by atoms with Crippen LogP contribution in [0.3, 0.4) is 0 Å². The van der Waals surface area contributed by atoms with Gasteiger partial charge in [0, 0.05) is 38.3 Å². The van der Waals surface area contributed by atoms with Crippen molar-refractivity contribution in [3.05, 3.63) is 40.4 Å². The van der Waals surface area contributed by atoms with Crippen LogP contribution >= 0.6 is 11.6 Å². The van der Waals surface area contributed by atoms with E-state index in [0.717, 1.165) is 39.0 Å². The van der Waals surface area contributed by atoms with E-state index < -0.39 is 0 Å². The van der Waals surface area contributed by atoms with Gasteiger partial charge in [0.15, 0.2) is 0 Å². The van der Waals surface area contributed by atoms with Gasteiger partial charge >= 0.3 is 0 Å². The number of nitrogens with zero attached hydrogens (tertiary/aromatic N) is 2. The van der Waals surface area contributed by atoms with Crippen molar-refractivity contribution in [3.8, 4) is 5.75 Å². The molecule has 0 saturated carbocycles. The number of hydrogen-bond donors (Lipinski definition) is 1. The molecule has 0 bridgehead atoms. The Morgan fingerprint density at radius 3 is 2.63 bits per heavy atom. The van der Waals surface area contributed by atoms with Gasteiger partial charge in [-0.2, -0.15) is 0 Å². The van der Waals surface area contributed by atoms with E-state index in [1.165, 1.54) is 5.57 Å². The Balaban J connectivity index is 1.84. The molecule has 6 heteroatoms. The molecule has 0 spiro atoms. The van der Waals surface area contributed by atoms with Crippen molar-refractivity contribution >= 4 is 17.5 Å². The van der Waals surface area contributed by atoms with Crippen LogP contribution in [-0.2, 0) is 0 Å². The minimum atomic E-state index is -0.113. The van der Waals surface area contributed by atoms with E-state index in [1.807, 2.05) is 19.0 Å². The first-order valence-electron chi connectivity index (χ1n) is 9.60. The van der Waals surface area contributed by atoms with E-state index >= 15 is 0 Å². The first kappa shape index (κ1) is 21.7. The predicted molar refractivity (Wildman–Crippen MR) is 112 cm³/mol. The van der Waals surface area contributed by atoms with Gasteiger partial charge in [-0.1, -0.05) is 23.3 Å². The van der Waals surface area contributed by atoms with Crippen molar-refractivity contribution in [1.29, 1.82) is 0 Å². The molecule has 1 aromatic carbocycles. The van der Waals surface area contributed by atoms with E-state index in [1.54, 1.807) is 18.2 Å². The lowest BCUT2D eigenvalue weighted by atomic mass is 10.1. The van der Waals surface area contributed by atoms with Crippen LogP contribution in [0.1, 0.15) is 37.0 Å². The van der Waals surface area contributed by atoms with Crippen molar-refractivity contribution < 1.29 is 9.53 Å². The molecule has 2 rings (SSSR count). The summed E-state index contributed by atoms with van der Waals surface area (Å²) in [5.74, 6) is 0.544. The molecule has 1 aromatic rings. The fraction of sp³-hybridized carbons (Fsp3) is 0.571. The molecule has 0 aliphatic carbocycles. The first-order chi connectivity index (χ1) is 12.8. The number of benzene rings is 1. The number of carbonyl (C=O) groups excluding carboxylic acids is 1. The number of piperidine rings is 1. The zero-order valence-corrected chi connectivity index (χ0v) is 17.7. The Kier molecular flexibility index (Phi) is 8.61. The maximum Gasteiger partial charge on any atom is 0.251 e. The van der Waals surface area contributed by atoms with Crippen LogP contribution in [0.5, 0.6) is 5.75 Å². The van der Waals surface area contributed by atoms with E-state index in [2.05, 4.69) is 30.1 Å². The standard InChI is InChI=1S/C21H32ClN3O2/c1-16(2)7-11-25-12-8-18(9-13-25)27-20-6-5-17(15-19(20)22)21(26)23-10-14-24(3)4/h5-7,15,18H,8-14H2,1-4H3,(H,23,26). The van der Waals surface area contributed by atoms with Gasteiger partial charge in [0.1, 0.15) is 11.9 Å². The SMILES string of the molecule is CC(C)=CCN1CCC(Oc2ccc(C(=O)NCCN(C)C)cc2Cl)CC1. The lowest BCUT2D eigenvalue weighted by Gasteiger charge is -2.31. The number of ether oxygens (including phenoxy) is 1. The van der Waals surface area contributed by atoms with Crippen molar-refractivity contribution in [3.63, 3.8) is 0 Å². The molecule has 0 aromatic heterocycles. The summed E-state index contributed by atoms with van der Waals surface area (Å²) in [4.78, 5) is 16.6. The highest BCUT2D eigenvalue weighted by atomic mass is 35.5. The van der Waals surface area contributed by atoms with Crippen molar-refractivity contribution in [2.24, 2.45) is 0 Å². The van der Waals surface area contributed by atoms with E-state index in [0.29, 0.717) is 22.9 Å². The number of carbonyl (C=O) groups is 1. The van der Waals surface area contributed by atoms with Crippen LogP contribution in [0, 0.1) is 0 Å². The summed E-state index contributed by atoms with van der Waals surface area (Å²) >= 11 is 6.36. The average molecular weight is 394 g/mol. The second kappa shape index (κ2) is 10.7. The largest absolute Gasteiger partial charge is 0.489 e. The van der Waals surface area contributed by atoms with Crippen LogP contribution in [-0.4, -0.2) is 68.6 Å². The maximum atomic E-state index is 12.2. The highest BCUT2D eigenvalue weighted by molar-refractivity contribution is 6.32. The smallest absolute Gasteiger partial charge is 0.251 e. The normalized spacial score (nSPS) is 15.6. The van der Waals surface area contributed by atoms with Gasteiger partial charge in [-0.3, -0.25) is 9.69 Å². The lowest BCUT2D eigenvalue weighted by molar-refractivity contribution is 0.0950. The van der Waals surface area contributed by atoms with Crippen LogP contribution in [0.15, 0.2) is 29.8 Å². The number of halogens is 1. The van der Waals surface area contributed by atoms with Gasteiger partial charge in [0.2, 0.25) is 0 Å². The monoisotopic (exact) mass is 393 g/mol. The molecular weight excluding hydrogens is 362 g/mol. The number of hydrogen-bond acceptors (Lipinski definition) is 4. The Hall–Kier alpha value is -1.56. The number of likely N-dealkylation sites (N-methyl/N-ethyl adjacent to an activating group) is 1. The molecule has 0 atom stereocenters. The average Bonchev–Trinajstić information content (AvgIpc) is 2.62. The Bertz CT molecular complexity index is 649. The summed E-state index contributed by atoms with van der Waals surface area (Å²) in [7, 11) is 3.95. The molecule has 1 aliphatic heterocycles. The molecule has 1 heterocycles. The summed E-state index contributed by atoms with van der Waals surface area (Å²) in [6.07, 6.45) is 4.41. The van der Waals surface area contributed by atoms with Crippen LogP contribution in [0.4, 0.5) is 0 Å². The van der Waals surface area contributed by atoms with Crippen LogP contribution in [0.2, 0.25) is 5.02 Å². The Morgan fingerprint density at radius 1 is 1.33 bits per heavy atom. The van der Waals surface area contributed by atoms with Crippen molar-refractivity contribution in [1.82, 2.24) is 15.1 Å². The zero-order chi connectivity index (χ0) is 19.8. The van der Waals surface area contributed by atoms with Gasteiger partial charge in [0.05, 0.1) is 5.02 Å². The van der Waals surface area contributed by atoms with Gasteiger partial charge in [-0.05, 0) is 59.0 Å². The second-order valence-electron chi connectivity index (χ2n) is 7.60. The van der Waals surface area contributed by atoms with Gasteiger partial charge in [0.25, 0.3) is 5.91 Å². The number of allylic oxidation sites excluding steroid dienone is 1. The number of rotatable bonds is 8. The summed E-state index contributed by atoms with van der Waals surface area (Å²) in [5, 5.41) is 3.38. The molecule has 1 amide bonds. The summed E-state index contributed by atoms with van der Waals surface area (Å²) in [6, 6.07) is 5.26. The lowest BCUT2D eigenvalue weighted by Crippen LogP contribution is -2.38. The molecular formula is C21H32ClN3O2. The summed E-state index contributed by atoms with van der Waals surface area (Å²) < 4.78 is 6.09. The molecule has 150 valence electrons. The van der Waals surface area contributed by atoms with Crippen molar-refractivity contribution in [2.45, 2.75) is 32.8 Å². The third-order valence-corrected chi connectivity index (χ3v) is 4.92. The van der Waals surface area contributed by atoms with E-state index in [9.17, 15) is 4.79 Å². The summed E-state index contributed by atoms with van der Waals surface area (Å²) in [5.41, 5.74) is 1.91. The second-order valence-corrected chi connectivity index (χ2v) is 8.01. The first-order valence-corrected chi connectivity index (χ1v) is 9.98. The van der Waals surface area contributed by atoms with Crippen LogP contribution in [0.25, 0.3) is 0 Å². The van der Waals surface area contributed by atoms with Gasteiger partial charge in [-0.25, -0.2) is 0 Å². The van der Waals surface area contributed by atoms with Crippen molar-refractivity contribution in [2.75, 3.05) is 46.8 Å². The minimum absolute atomic E-state index is 0.113. The summed E-state index contributed by atoms with van der Waals surface area (Å²) in [6.45, 7) is 8.72. The highest BCUT2D eigenvalue weighted by Crippen LogP contribution is 2.28. The minimum Gasteiger partial charge on any atom is -0.489 e. The molecule has 1 aliphatic rings. The maximum absolute atomic E-state index is 12.2. The molecule has 27 heavy (non-hydrogen) atoms. The zero-order valence-electron chi connectivity index (χ0n) is 16.9. The quantitative estimate of drug-likeness (QED) is 0.687. The number of nitrogens with one attached hydrogen (secondary N) is 1. The molecule has 5 nitrogen and oxygen atoms in total. The van der Waals surface area contributed by atoms with E-state index in [4.69, 9.17) is 16.3 Å². The third kappa shape index (κ3) is 7.53. The van der Waals surface area contributed by atoms with Crippen LogP contribution < -0.4 is 10.1 Å². The highest BCUT2D eigenvalue weighted by Gasteiger charge is 2.21. The third-order valence-electron chi connectivity index (χ3n) is 4.62. The number of likely N-dealkylation sites (tertiary alicyclic amines) is 1. The Labute approximate surface area is 168 Å².